The Balaban J connectivity index is 2.34. The van der Waals surface area contributed by atoms with Crippen molar-refractivity contribution in [1.82, 2.24) is 0 Å². The minimum atomic E-state index is -0.715. The number of primary amides is 1. The van der Waals surface area contributed by atoms with Crippen LogP contribution in [0.2, 0.25) is 0 Å². The summed E-state index contributed by atoms with van der Waals surface area (Å²) in [4.78, 5) is 36.4. The average molecular weight is 374 g/mol. The van der Waals surface area contributed by atoms with Crippen LogP contribution in [0.1, 0.15) is 62.3 Å². The van der Waals surface area contributed by atoms with Crippen LogP contribution >= 0.6 is 11.3 Å². The van der Waals surface area contributed by atoms with Gasteiger partial charge >= 0.3 is 5.97 Å². The van der Waals surface area contributed by atoms with Gasteiger partial charge in [0.05, 0.1) is 12.7 Å². The molecule has 138 valence electrons. The van der Waals surface area contributed by atoms with E-state index >= 15 is 0 Å². The lowest BCUT2D eigenvalue weighted by Gasteiger charge is -2.19. The third kappa shape index (κ3) is 3.94. The molecular weight excluding hydrogens is 352 g/mol. The van der Waals surface area contributed by atoms with Crippen molar-refractivity contribution in [3.8, 4) is 0 Å². The van der Waals surface area contributed by atoms with E-state index in [1.165, 1.54) is 7.11 Å². The zero-order valence-electron chi connectivity index (χ0n) is 15.4. The largest absolute Gasteiger partial charge is 0.465 e. The fourth-order valence-corrected chi connectivity index (χ4v) is 3.61. The number of nitrogens with two attached hydrogens (primary N) is 1. The highest BCUT2D eigenvalue weighted by atomic mass is 32.1. The molecule has 0 saturated carbocycles. The first-order chi connectivity index (χ1) is 12.1. The number of nitrogens with one attached hydrogen (secondary N) is 1. The van der Waals surface area contributed by atoms with Crippen molar-refractivity contribution < 1.29 is 19.1 Å². The zero-order valence-corrected chi connectivity index (χ0v) is 16.2. The van der Waals surface area contributed by atoms with Gasteiger partial charge < -0.3 is 15.8 Å². The van der Waals surface area contributed by atoms with Gasteiger partial charge in [-0.05, 0) is 35.6 Å². The van der Waals surface area contributed by atoms with Crippen LogP contribution in [-0.4, -0.2) is 24.9 Å². The fourth-order valence-electron chi connectivity index (χ4n) is 2.48. The van der Waals surface area contributed by atoms with E-state index in [0.29, 0.717) is 11.1 Å². The fraction of sp³-hybridized carbons (Fsp3) is 0.316. The molecule has 26 heavy (non-hydrogen) atoms. The summed E-state index contributed by atoms with van der Waals surface area (Å²) in [5.41, 5.74) is 7.46. The standard InChI is InChI=1S/C19H22N2O4S/c1-10-13(15(20)22)17(26-14(10)18(24)25-5)21-16(23)11-6-8-12(9-7-11)19(2,3)4/h6-9H,1-5H3,(H2,20,22)(H,21,23). The predicted octanol–water partition coefficient (Wildman–Crippen LogP) is 3.49. The maximum Gasteiger partial charge on any atom is 0.348 e. The molecular formula is C19H22N2O4S. The average Bonchev–Trinajstić information content (AvgIpc) is 2.89. The molecule has 1 aromatic carbocycles. The van der Waals surface area contributed by atoms with Crippen molar-refractivity contribution in [2.24, 2.45) is 5.73 Å². The van der Waals surface area contributed by atoms with E-state index in [1.807, 2.05) is 12.1 Å². The molecule has 0 aliphatic heterocycles. The van der Waals surface area contributed by atoms with Gasteiger partial charge in [0, 0.05) is 5.56 Å². The summed E-state index contributed by atoms with van der Waals surface area (Å²) in [5, 5.41) is 2.91. The van der Waals surface area contributed by atoms with E-state index < -0.39 is 11.9 Å². The number of hydrogen-bond donors (Lipinski definition) is 2. The first-order valence-electron chi connectivity index (χ1n) is 7.99. The molecule has 0 saturated heterocycles. The summed E-state index contributed by atoms with van der Waals surface area (Å²) in [6.45, 7) is 7.86. The molecule has 0 spiro atoms. The molecule has 0 radical (unpaired) electrons. The van der Waals surface area contributed by atoms with Gasteiger partial charge in [0.25, 0.3) is 11.8 Å². The van der Waals surface area contributed by atoms with Crippen LogP contribution in [0.25, 0.3) is 0 Å². The van der Waals surface area contributed by atoms with Crippen LogP contribution in [0, 0.1) is 6.92 Å². The first-order valence-corrected chi connectivity index (χ1v) is 8.81. The van der Waals surface area contributed by atoms with Gasteiger partial charge in [-0.25, -0.2) is 4.79 Å². The van der Waals surface area contributed by atoms with E-state index in [2.05, 4.69) is 26.1 Å². The molecule has 0 unspecified atom stereocenters. The lowest BCUT2D eigenvalue weighted by Crippen LogP contribution is -2.18. The van der Waals surface area contributed by atoms with Gasteiger partial charge in [0.1, 0.15) is 9.88 Å². The molecule has 0 bridgehead atoms. The number of amides is 2. The molecule has 1 aromatic heterocycles. The lowest BCUT2D eigenvalue weighted by atomic mass is 9.87. The van der Waals surface area contributed by atoms with Gasteiger partial charge in [0.2, 0.25) is 0 Å². The number of methoxy groups -OCH3 is 1. The normalized spacial score (nSPS) is 11.1. The van der Waals surface area contributed by atoms with Crippen molar-refractivity contribution in [3.05, 3.63) is 51.4 Å². The van der Waals surface area contributed by atoms with Crippen LogP contribution in [0.4, 0.5) is 5.00 Å². The molecule has 0 aliphatic carbocycles. The van der Waals surface area contributed by atoms with Gasteiger partial charge in [-0.3, -0.25) is 9.59 Å². The molecule has 6 nitrogen and oxygen atoms in total. The van der Waals surface area contributed by atoms with Gasteiger partial charge in [-0.1, -0.05) is 32.9 Å². The maximum absolute atomic E-state index is 12.5. The van der Waals surface area contributed by atoms with Crippen molar-refractivity contribution in [2.75, 3.05) is 12.4 Å². The highest BCUT2D eigenvalue weighted by Gasteiger charge is 2.25. The van der Waals surface area contributed by atoms with Crippen LogP contribution in [0.3, 0.4) is 0 Å². The molecule has 0 fully saturated rings. The highest BCUT2D eigenvalue weighted by molar-refractivity contribution is 7.18. The second-order valence-electron chi connectivity index (χ2n) is 6.90. The number of thiophene rings is 1. The minimum Gasteiger partial charge on any atom is -0.465 e. The molecule has 3 N–H and O–H groups in total. The van der Waals surface area contributed by atoms with Gasteiger partial charge in [-0.15, -0.1) is 11.3 Å². The van der Waals surface area contributed by atoms with Crippen LogP contribution in [-0.2, 0) is 10.2 Å². The Labute approximate surface area is 156 Å². The summed E-state index contributed by atoms with van der Waals surface area (Å²) >= 11 is 0.970. The third-order valence-corrected chi connectivity index (χ3v) is 5.19. The number of carbonyl (C=O) groups excluding carboxylic acids is 3. The van der Waals surface area contributed by atoms with E-state index in [0.717, 1.165) is 16.9 Å². The number of esters is 1. The Hall–Kier alpha value is -2.67. The smallest absolute Gasteiger partial charge is 0.348 e. The lowest BCUT2D eigenvalue weighted by molar-refractivity contribution is 0.0605. The summed E-state index contributed by atoms with van der Waals surface area (Å²) in [7, 11) is 1.25. The van der Waals surface area contributed by atoms with E-state index in [9.17, 15) is 14.4 Å². The Kier molecular flexibility index (Phi) is 5.51. The number of anilines is 1. The van der Waals surface area contributed by atoms with Gasteiger partial charge in [0.15, 0.2) is 0 Å². The Morgan fingerprint density at radius 2 is 1.69 bits per heavy atom. The Morgan fingerprint density at radius 3 is 2.15 bits per heavy atom. The number of rotatable bonds is 4. The highest BCUT2D eigenvalue weighted by Crippen LogP contribution is 2.33. The molecule has 0 aliphatic rings. The summed E-state index contributed by atoms with van der Waals surface area (Å²) in [6.07, 6.45) is 0. The second kappa shape index (κ2) is 7.29. The van der Waals surface area contributed by atoms with Crippen LogP contribution in [0.15, 0.2) is 24.3 Å². The predicted molar refractivity (Wildman–Crippen MR) is 102 cm³/mol. The van der Waals surface area contributed by atoms with Crippen molar-refractivity contribution in [3.63, 3.8) is 0 Å². The second-order valence-corrected chi connectivity index (χ2v) is 7.92. The number of hydrogen-bond acceptors (Lipinski definition) is 5. The molecule has 2 rings (SSSR count). The summed E-state index contributed by atoms with van der Waals surface area (Å²) in [6, 6.07) is 7.23. The van der Waals surface area contributed by atoms with E-state index in [4.69, 9.17) is 10.5 Å². The number of ether oxygens (including phenoxy) is 1. The quantitative estimate of drug-likeness (QED) is 0.800. The Bertz CT molecular complexity index is 861. The van der Waals surface area contributed by atoms with Crippen LogP contribution in [0.5, 0.6) is 0 Å². The maximum atomic E-state index is 12.5. The Morgan fingerprint density at radius 1 is 1.12 bits per heavy atom. The van der Waals surface area contributed by atoms with Crippen LogP contribution < -0.4 is 11.1 Å². The monoisotopic (exact) mass is 374 g/mol. The number of benzene rings is 1. The van der Waals surface area contributed by atoms with Crippen molar-refractivity contribution in [1.29, 1.82) is 0 Å². The first kappa shape index (κ1) is 19.7. The van der Waals surface area contributed by atoms with Gasteiger partial charge in [-0.2, -0.15) is 0 Å². The minimum absolute atomic E-state index is 0.0194. The summed E-state index contributed by atoms with van der Waals surface area (Å²) < 4.78 is 4.71. The topological polar surface area (TPSA) is 98.5 Å². The third-order valence-electron chi connectivity index (χ3n) is 4.00. The molecule has 0 atom stereocenters. The van der Waals surface area contributed by atoms with Crippen molar-refractivity contribution >= 4 is 34.1 Å². The molecule has 1 heterocycles. The van der Waals surface area contributed by atoms with E-state index in [-0.39, 0.29) is 26.8 Å². The molecule has 2 amide bonds. The molecule has 7 heteroatoms. The molecule has 2 aromatic rings. The van der Waals surface area contributed by atoms with Crippen molar-refractivity contribution in [2.45, 2.75) is 33.1 Å². The summed E-state index contributed by atoms with van der Waals surface area (Å²) in [5.74, 6) is -1.68. The SMILES string of the molecule is COC(=O)c1sc(NC(=O)c2ccc(C(C)(C)C)cc2)c(C(N)=O)c1C. The number of carbonyl (C=O) groups is 3. The zero-order chi connectivity index (χ0) is 19.6. The van der Waals surface area contributed by atoms with E-state index in [1.54, 1.807) is 19.1 Å².